The van der Waals surface area contributed by atoms with Crippen molar-refractivity contribution in [3.63, 3.8) is 0 Å². The molecule has 1 aromatic carbocycles. The van der Waals surface area contributed by atoms with Gasteiger partial charge in [-0.15, -0.1) is 0 Å². The van der Waals surface area contributed by atoms with Crippen molar-refractivity contribution in [2.24, 2.45) is 5.73 Å². The first-order valence-electron chi connectivity index (χ1n) is 8.14. The summed E-state index contributed by atoms with van der Waals surface area (Å²) in [4.78, 5) is 25.2. The van der Waals surface area contributed by atoms with Crippen LogP contribution in [0.3, 0.4) is 0 Å². The van der Waals surface area contributed by atoms with Crippen molar-refractivity contribution >= 4 is 11.8 Å². The topological polar surface area (TPSA) is 98.7 Å². The first-order chi connectivity index (χ1) is 11.9. The quantitative estimate of drug-likeness (QED) is 0.791. The molecule has 0 saturated carbocycles. The Labute approximate surface area is 146 Å². The molecule has 0 fully saturated rings. The van der Waals surface area contributed by atoms with Crippen LogP contribution in [0, 0.1) is 13.8 Å². The van der Waals surface area contributed by atoms with Crippen molar-refractivity contribution in [2.45, 2.75) is 33.8 Å². The Bertz CT molecular complexity index is 735. The Morgan fingerprint density at radius 1 is 1.32 bits per heavy atom. The molecule has 2 amide bonds. The maximum atomic E-state index is 12.6. The minimum Gasteiger partial charge on any atom is -0.489 e. The molecule has 0 atom stereocenters. The average Bonchev–Trinajstić information content (AvgIpc) is 2.90. The summed E-state index contributed by atoms with van der Waals surface area (Å²) in [5, 5.41) is 3.89. The van der Waals surface area contributed by atoms with Gasteiger partial charge in [-0.05, 0) is 38.5 Å². The molecule has 0 spiro atoms. The summed E-state index contributed by atoms with van der Waals surface area (Å²) in [5.41, 5.74) is 7.34. The molecular formula is C18H23N3O4. The highest BCUT2D eigenvalue weighted by molar-refractivity contribution is 5.96. The highest BCUT2D eigenvalue weighted by Gasteiger charge is 2.17. The van der Waals surface area contributed by atoms with E-state index in [9.17, 15) is 9.59 Å². The largest absolute Gasteiger partial charge is 0.489 e. The van der Waals surface area contributed by atoms with Gasteiger partial charge < -0.3 is 19.9 Å². The number of hydrogen-bond acceptors (Lipinski definition) is 5. The van der Waals surface area contributed by atoms with Gasteiger partial charge in [-0.2, -0.15) is 0 Å². The molecule has 0 bridgehead atoms. The van der Waals surface area contributed by atoms with Gasteiger partial charge in [-0.25, -0.2) is 0 Å². The molecule has 7 heteroatoms. The Morgan fingerprint density at radius 3 is 2.68 bits per heavy atom. The summed E-state index contributed by atoms with van der Waals surface area (Å²) in [6.45, 7) is 6.28. The molecule has 2 N–H and O–H groups in total. The van der Waals surface area contributed by atoms with Crippen LogP contribution in [-0.4, -0.2) is 35.0 Å². The molecule has 1 aromatic heterocycles. The van der Waals surface area contributed by atoms with E-state index >= 15 is 0 Å². The zero-order valence-electron chi connectivity index (χ0n) is 14.7. The van der Waals surface area contributed by atoms with Crippen LogP contribution in [0.25, 0.3) is 0 Å². The summed E-state index contributed by atoms with van der Waals surface area (Å²) in [6, 6.07) is 6.86. The number of hydrogen-bond donors (Lipinski definition) is 1. The van der Waals surface area contributed by atoms with Crippen molar-refractivity contribution in [1.82, 2.24) is 10.1 Å². The van der Waals surface area contributed by atoms with Crippen LogP contribution in [0.1, 0.15) is 40.7 Å². The molecule has 0 radical (unpaired) electrons. The fourth-order valence-corrected chi connectivity index (χ4v) is 2.48. The SMILES string of the molecule is CCCN(CC(N)=O)C(=O)c1cccc(OCc2c(C)noc2C)c1. The average molecular weight is 345 g/mol. The number of nitrogens with zero attached hydrogens (tertiary/aromatic N) is 2. The summed E-state index contributed by atoms with van der Waals surface area (Å²) in [5.74, 6) is 0.484. The van der Waals surface area contributed by atoms with Gasteiger partial charge in [-0.1, -0.05) is 18.1 Å². The normalized spacial score (nSPS) is 10.5. The number of amides is 2. The lowest BCUT2D eigenvalue weighted by Crippen LogP contribution is -2.38. The van der Waals surface area contributed by atoms with Crippen LogP contribution in [0.2, 0.25) is 0 Å². The summed E-state index contributed by atoms with van der Waals surface area (Å²) < 4.78 is 10.9. The van der Waals surface area contributed by atoms with E-state index in [2.05, 4.69) is 5.16 Å². The lowest BCUT2D eigenvalue weighted by molar-refractivity contribution is -0.118. The Hall–Kier alpha value is -2.83. The van der Waals surface area contributed by atoms with Crippen LogP contribution in [0.5, 0.6) is 5.75 Å². The van der Waals surface area contributed by atoms with E-state index in [1.54, 1.807) is 24.3 Å². The van der Waals surface area contributed by atoms with Gasteiger partial charge in [0.25, 0.3) is 5.91 Å². The van der Waals surface area contributed by atoms with Gasteiger partial charge in [0.15, 0.2) is 0 Å². The fraction of sp³-hybridized carbons (Fsp3) is 0.389. The van der Waals surface area contributed by atoms with E-state index in [4.69, 9.17) is 15.0 Å². The Morgan fingerprint density at radius 2 is 2.08 bits per heavy atom. The molecule has 0 aliphatic carbocycles. The van der Waals surface area contributed by atoms with Gasteiger partial charge in [-0.3, -0.25) is 9.59 Å². The van der Waals surface area contributed by atoms with Crippen LogP contribution < -0.4 is 10.5 Å². The van der Waals surface area contributed by atoms with E-state index in [0.717, 1.165) is 17.7 Å². The number of aromatic nitrogens is 1. The van der Waals surface area contributed by atoms with Crippen molar-refractivity contribution in [1.29, 1.82) is 0 Å². The Kier molecular flexibility index (Phi) is 6.16. The van der Waals surface area contributed by atoms with Crippen LogP contribution in [0.4, 0.5) is 0 Å². The number of nitrogens with two attached hydrogens (primary N) is 1. The highest BCUT2D eigenvalue weighted by atomic mass is 16.5. The molecule has 0 aliphatic rings. The van der Waals surface area contributed by atoms with E-state index in [0.29, 0.717) is 30.2 Å². The first-order valence-corrected chi connectivity index (χ1v) is 8.14. The molecule has 2 rings (SSSR count). The van der Waals surface area contributed by atoms with Gasteiger partial charge >= 0.3 is 0 Å². The maximum absolute atomic E-state index is 12.6. The van der Waals surface area contributed by atoms with Crippen LogP contribution in [-0.2, 0) is 11.4 Å². The third-order valence-electron chi connectivity index (χ3n) is 3.77. The molecule has 0 saturated heterocycles. The van der Waals surface area contributed by atoms with Crippen molar-refractivity contribution in [2.75, 3.05) is 13.1 Å². The second-order valence-electron chi connectivity index (χ2n) is 5.81. The van der Waals surface area contributed by atoms with Gasteiger partial charge in [0.2, 0.25) is 5.91 Å². The minimum atomic E-state index is -0.535. The number of aryl methyl sites for hydroxylation is 2. The molecule has 25 heavy (non-hydrogen) atoms. The fourth-order valence-electron chi connectivity index (χ4n) is 2.48. The van der Waals surface area contributed by atoms with Crippen molar-refractivity contribution < 1.29 is 18.8 Å². The molecule has 7 nitrogen and oxygen atoms in total. The molecule has 0 aliphatic heterocycles. The van der Waals surface area contributed by atoms with Gasteiger partial charge in [0.1, 0.15) is 18.1 Å². The monoisotopic (exact) mass is 345 g/mol. The van der Waals surface area contributed by atoms with Crippen molar-refractivity contribution in [3.8, 4) is 5.75 Å². The lowest BCUT2D eigenvalue weighted by atomic mass is 10.1. The number of carbonyl (C=O) groups is 2. The van der Waals surface area contributed by atoms with E-state index in [1.165, 1.54) is 4.90 Å². The van der Waals surface area contributed by atoms with Crippen molar-refractivity contribution in [3.05, 3.63) is 46.8 Å². The zero-order chi connectivity index (χ0) is 18.4. The lowest BCUT2D eigenvalue weighted by Gasteiger charge is -2.20. The molecule has 134 valence electrons. The smallest absolute Gasteiger partial charge is 0.254 e. The number of benzene rings is 1. The van der Waals surface area contributed by atoms with Gasteiger partial charge in [0.05, 0.1) is 17.8 Å². The number of primary amides is 1. The predicted molar refractivity (Wildman–Crippen MR) is 92.1 cm³/mol. The number of ether oxygens (including phenoxy) is 1. The summed E-state index contributed by atoms with van der Waals surface area (Å²) in [6.07, 6.45) is 0.737. The van der Waals surface area contributed by atoms with E-state index in [1.807, 2.05) is 20.8 Å². The van der Waals surface area contributed by atoms with Gasteiger partial charge in [0, 0.05) is 12.1 Å². The predicted octanol–water partition coefficient (Wildman–Crippen LogP) is 2.21. The maximum Gasteiger partial charge on any atom is 0.254 e. The molecular weight excluding hydrogens is 322 g/mol. The van der Waals surface area contributed by atoms with Crippen LogP contribution in [0.15, 0.2) is 28.8 Å². The van der Waals surface area contributed by atoms with E-state index < -0.39 is 5.91 Å². The highest BCUT2D eigenvalue weighted by Crippen LogP contribution is 2.19. The number of carbonyl (C=O) groups excluding carboxylic acids is 2. The first kappa shape index (κ1) is 18.5. The zero-order valence-corrected chi connectivity index (χ0v) is 14.7. The second kappa shape index (κ2) is 8.32. The summed E-state index contributed by atoms with van der Waals surface area (Å²) in [7, 11) is 0. The Balaban J connectivity index is 2.11. The molecule has 0 unspecified atom stereocenters. The van der Waals surface area contributed by atoms with Crippen LogP contribution >= 0.6 is 0 Å². The molecule has 2 aromatic rings. The summed E-state index contributed by atoms with van der Waals surface area (Å²) >= 11 is 0. The molecule has 1 heterocycles. The number of rotatable bonds is 8. The second-order valence-corrected chi connectivity index (χ2v) is 5.81. The standard InChI is InChI=1S/C18H23N3O4/c1-4-8-21(10-17(19)22)18(23)14-6-5-7-15(9-14)24-11-16-12(2)20-25-13(16)3/h5-7,9H,4,8,10-11H2,1-3H3,(H2,19,22). The third-order valence-corrected chi connectivity index (χ3v) is 3.77. The third kappa shape index (κ3) is 4.82. The van der Waals surface area contributed by atoms with E-state index in [-0.39, 0.29) is 12.5 Å². The minimum absolute atomic E-state index is 0.100.